The van der Waals surface area contributed by atoms with Crippen molar-refractivity contribution in [2.24, 2.45) is 0 Å². The average molecular weight is 677 g/mol. The predicted octanol–water partition coefficient (Wildman–Crippen LogP) is 12.5. The number of benzene rings is 8. The van der Waals surface area contributed by atoms with Gasteiger partial charge < -0.3 is 8.98 Å². The highest BCUT2D eigenvalue weighted by atomic mass is 16.3. The topological polar surface area (TPSA) is 48.8 Å². The van der Waals surface area contributed by atoms with Gasteiger partial charge in [0.15, 0.2) is 0 Å². The van der Waals surface area contributed by atoms with Crippen LogP contribution in [0.25, 0.3) is 110 Å². The molecule has 0 atom stereocenters. The summed E-state index contributed by atoms with van der Waals surface area (Å²) in [6.45, 7) is 0. The van der Waals surface area contributed by atoms with Crippen molar-refractivity contribution in [3.8, 4) is 22.9 Å². The summed E-state index contributed by atoms with van der Waals surface area (Å²) in [5.41, 5.74) is 10.0. The Kier molecular flexibility index (Phi) is 5.71. The van der Waals surface area contributed by atoms with Crippen molar-refractivity contribution < 1.29 is 4.42 Å². The molecule has 5 heteroatoms. The lowest BCUT2D eigenvalue weighted by Crippen LogP contribution is -2.04. The molecule has 12 aromatic rings. The van der Waals surface area contributed by atoms with Crippen LogP contribution in [0.1, 0.15) is 0 Å². The van der Waals surface area contributed by atoms with Crippen molar-refractivity contribution in [1.82, 2.24) is 19.1 Å². The van der Waals surface area contributed by atoms with Crippen LogP contribution in [0.2, 0.25) is 0 Å². The lowest BCUT2D eigenvalue weighted by atomic mass is 10.0. The molecule has 246 valence electrons. The third-order valence-electron chi connectivity index (χ3n) is 10.9. The monoisotopic (exact) mass is 676 g/mol. The molecule has 0 aliphatic heterocycles. The summed E-state index contributed by atoms with van der Waals surface area (Å²) in [7, 11) is 0. The highest BCUT2D eigenvalue weighted by Gasteiger charge is 2.24. The van der Waals surface area contributed by atoms with Crippen LogP contribution in [-0.2, 0) is 0 Å². The zero-order valence-corrected chi connectivity index (χ0v) is 28.4. The van der Waals surface area contributed by atoms with Gasteiger partial charge in [0.25, 0.3) is 0 Å². The molecule has 0 bridgehead atoms. The zero-order chi connectivity index (χ0) is 34.6. The highest BCUT2D eigenvalue weighted by molar-refractivity contribution is 6.22. The van der Waals surface area contributed by atoms with Crippen molar-refractivity contribution in [3.63, 3.8) is 0 Å². The molecule has 0 N–H and O–H groups in total. The van der Waals surface area contributed by atoms with Crippen LogP contribution in [0.4, 0.5) is 0 Å². The Morgan fingerprint density at radius 2 is 0.981 bits per heavy atom. The third kappa shape index (κ3) is 3.96. The average Bonchev–Trinajstić information content (AvgIpc) is 3.87. The van der Waals surface area contributed by atoms with E-state index in [4.69, 9.17) is 14.4 Å². The predicted molar refractivity (Wildman–Crippen MR) is 218 cm³/mol. The highest BCUT2D eigenvalue weighted by Crippen LogP contribution is 2.44. The number of hydrogen-bond donors (Lipinski definition) is 0. The molecule has 4 aromatic heterocycles. The molecule has 0 radical (unpaired) electrons. The second kappa shape index (κ2) is 10.6. The van der Waals surface area contributed by atoms with E-state index in [1.165, 1.54) is 27.2 Å². The van der Waals surface area contributed by atoms with Gasteiger partial charge in [0.05, 0.1) is 39.0 Å². The van der Waals surface area contributed by atoms with Crippen LogP contribution < -0.4 is 0 Å². The summed E-state index contributed by atoms with van der Waals surface area (Å²) in [6.07, 6.45) is 0. The normalized spacial score (nSPS) is 12.2. The molecule has 0 saturated heterocycles. The first-order valence-electron chi connectivity index (χ1n) is 17.9. The van der Waals surface area contributed by atoms with Gasteiger partial charge in [0.2, 0.25) is 5.95 Å². The minimum absolute atomic E-state index is 0.623. The molecule has 0 aliphatic carbocycles. The summed E-state index contributed by atoms with van der Waals surface area (Å²) in [5, 5.41) is 10.3. The molecule has 0 fully saturated rings. The lowest BCUT2D eigenvalue weighted by molar-refractivity contribution is 0.669. The van der Waals surface area contributed by atoms with Crippen molar-refractivity contribution in [3.05, 3.63) is 170 Å². The molecule has 4 heterocycles. The molecular formula is C48H28N4O. The van der Waals surface area contributed by atoms with Crippen molar-refractivity contribution in [2.75, 3.05) is 0 Å². The fourth-order valence-corrected chi connectivity index (χ4v) is 8.63. The van der Waals surface area contributed by atoms with E-state index in [0.717, 1.165) is 77.0 Å². The van der Waals surface area contributed by atoms with Gasteiger partial charge in [-0.05, 0) is 53.9 Å². The van der Waals surface area contributed by atoms with Gasteiger partial charge in [-0.2, -0.15) is 0 Å². The van der Waals surface area contributed by atoms with Crippen molar-refractivity contribution >= 4 is 87.2 Å². The van der Waals surface area contributed by atoms with Gasteiger partial charge in [-0.25, -0.2) is 9.97 Å². The number of nitrogens with zero attached hydrogens (tertiary/aromatic N) is 4. The Balaban J connectivity index is 1.21. The Morgan fingerprint density at radius 1 is 0.396 bits per heavy atom. The SMILES string of the molecule is c1ccc2c(-n3c4ccccc4c4ccccc43)c3c4ccccc4n(-c4nc(-c5ccc6c(c5)oc5ccccc56)c5ccccc5n4)c3cc2c1. The van der Waals surface area contributed by atoms with Crippen LogP contribution in [-0.4, -0.2) is 19.1 Å². The van der Waals surface area contributed by atoms with Gasteiger partial charge in [0, 0.05) is 48.7 Å². The van der Waals surface area contributed by atoms with E-state index >= 15 is 0 Å². The fourth-order valence-electron chi connectivity index (χ4n) is 8.63. The standard InChI is InChI=1S/C48H28N4O/c1-2-14-31-29(13-1)27-42-45(47(31)51-39-21-9-4-15-32(39)33-16-5-10-22-40(33)51)37-19-6-11-23-41(37)52(42)48-49-38-20-8-3-18-36(38)46(50-48)30-25-26-35-34-17-7-12-24-43(34)53-44(35)28-30/h1-28H. The summed E-state index contributed by atoms with van der Waals surface area (Å²) >= 11 is 0. The van der Waals surface area contributed by atoms with Crippen LogP contribution in [0, 0.1) is 0 Å². The van der Waals surface area contributed by atoms with E-state index in [1.807, 2.05) is 18.2 Å². The molecule has 5 nitrogen and oxygen atoms in total. The first-order chi connectivity index (χ1) is 26.3. The molecule has 0 amide bonds. The number of aromatic nitrogens is 4. The van der Waals surface area contributed by atoms with Crippen LogP contribution in [0.3, 0.4) is 0 Å². The molecule has 0 unspecified atom stereocenters. The summed E-state index contributed by atoms with van der Waals surface area (Å²) in [5.74, 6) is 0.623. The number of furan rings is 1. The van der Waals surface area contributed by atoms with Gasteiger partial charge in [-0.15, -0.1) is 0 Å². The lowest BCUT2D eigenvalue weighted by Gasteiger charge is -2.15. The smallest absolute Gasteiger partial charge is 0.235 e. The number of rotatable bonds is 3. The Hall–Kier alpha value is -7.24. The Labute approximate surface area is 302 Å². The maximum absolute atomic E-state index is 6.34. The van der Waals surface area contributed by atoms with Crippen LogP contribution in [0.15, 0.2) is 174 Å². The van der Waals surface area contributed by atoms with Crippen LogP contribution >= 0.6 is 0 Å². The first kappa shape index (κ1) is 28.5. The van der Waals surface area contributed by atoms with Gasteiger partial charge >= 0.3 is 0 Å². The van der Waals surface area contributed by atoms with Gasteiger partial charge in [0.1, 0.15) is 11.2 Å². The molecule has 0 spiro atoms. The van der Waals surface area contributed by atoms with Crippen molar-refractivity contribution in [1.29, 1.82) is 0 Å². The quantitative estimate of drug-likeness (QED) is 0.187. The summed E-state index contributed by atoms with van der Waals surface area (Å²) < 4.78 is 11.1. The Morgan fingerprint density at radius 3 is 1.75 bits per heavy atom. The van der Waals surface area contributed by atoms with E-state index in [2.05, 4.69) is 161 Å². The molecule has 0 saturated carbocycles. The minimum Gasteiger partial charge on any atom is -0.456 e. The van der Waals surface area contributed by atoms with E-state index in [-0.39, 0.29) is 0 Å². The summed E-state index contributed by atoms with van der Waals surface area (Å²) in [6, 6.07) is 60.1. The largest absolute Gasteiger partial charge is 0.456 e. The first-order valence-corrected chi connectivity index (χ1v) is 17.9. The third-order valence-corrected chi connectivity index (χ3v) is 10.9. The molecule has 0 aliphatic rings. The summed E-state index contributed by atoms with van der Waals surface area (Å²) in [4.78, 5) is 10.7. The molecule has 12 rings (SSSR count). The molecular weight excluding hydrogens is 649 g/mol. The van der Waals surface area contributed by atoms with E-state index in [0.29, 0.717) is 5.95 Å². The van der Waals surface area contributed by atoms with Gasteiger partial charge in [-0.3, -0.25) is 4.57 Å². The second-order valence-corrected chi connectivity index (χ2v) is 13.8. The van der Waals surface area contributed by atoms with Crippen molar-refractivity contribution in [2.45, 2.75) is 0 Å². The minimum atomic E-state index is 0.623. The molecule has 53 heavy (non-hydrogen) atoms. The Bertz CT molecular complexity index is 3420. The zero-order valence-electron chi connectivity index (χ0n) is 28.4. The van der Waals surface area contributed by atoms with E-state index in [1.54, 1.807) is 0 Å². The van der Waals surface area contributed by atoms with E-state index < -0.39 is 0 Å². The second-order valence-electron chi connectivity index (χ2n) is 13.8. The number of hydrogen-bond acceptors (Lipinski definition) is 3. The van der Waals surface area contributed by atoms with Gasteiger partial charge in [-0.1, -0.05) is 121 Å². The van der Waals surface area contributed by atoms with Crippen LogP contribution in [0.5, 0.6) is 0 Å². The number of fused-ring (bicyclic) bond motifs is 11. The maximum atomic E-state index is 6.34. The molecule has 8 aromatic carbocycles. The van der Waals surface area contributed by atoms with E-state index in [9.17, 15) is 0 Å². The number of para-hydroxylation sites is 5. The maximum Gasteiger partial charge on any atom is 0.235 e. The fraction of sp³-hybridized carbons (Fsp3) is 0.